The Bertz CT molecular complexity index is 896. The fraction of sp³-hybridized carbons (Fsp3) is 0.692. The van der Waals surface area contributed by atoms with Gasteiger partial charge in [0.15, 0.2) is 11.8 Å². The first kappa shape index (κ1) is 21.0. The number of aliphatic hydroxyl groups excluding tert-OH is 1. The maximum absolute atomic E-state index is 13.9. The van der Waals surface area contributed by atoms with Crippen LogP contribution in [0, 0.1) is 0 Å². The van der Waals surface area contributed by atoms with Crippen LogP contribution in [-0.4, -0.2) is 51.6 Å². The summed E-state index contributed by atoms with van der Waals surface area (Å²) in [4.78, 5) is 25.3. The first-order chi connectivity index (χ1) is 12.5. The summed E-state index contributed by atoms with van der Waals surface area (Å²) in [6, 6.07) is 0. The number of aromatic nitrogens is 2. The van der Waals surface area contributed by atoms with Crippen LogP contribution in [0.15, 0.2) is 15.8 Å². The van der Waals surface area contributed by atoms with E-state index in [1.165, 1.54) is 0 Å². The van der Waals surface area contributed by atoms with Crippen LogP contribution in [0.4, 0.5) is 8.78 Å². The number of aliphatic hydroxyl groups is 1. The number of rotatable bonds is 4. The normalized spacial score (nSPS) is 36.4. The zero-order valence-electron chi connectivity index (χ0n) is 14.0. The molecule has 0 bridgehead atoms. The molecule has 2 aliphatic heterocycles. The van der Waals surface area contributed by atoms with Crippen molar-refractivity contribution in [3.8, 4) is 0 Å². The van der Waals surface area contributed by atoms with Gasteiger partial charge in [-0.15, -0.1) is 0 Å². The summed E-state index contributed by atoms with van der Waals surface area (Å²) < 4.78 is 49.8. The summed E-state index contributed by atoms with van der Waals surface area (Å²) in [5.41, 5.74) is -4.25. The Morgan fingerprint density at radius 2 is 2.19 bits per heavy atom. The number of aromatic amines is 1. The average molecular weight is 449 g/mol. The van der Waals surface area contributed by atoms with E-state index >= 15 is 0 Å². The van der Waals surface area contributed by atoms with E-state index in [2.05, 4.69) is 0 Å². The number of H-pyrrole nitrogens is 1. The van der Waals surface area contributed by atoms with Gasteiger partial charge in [0, 0.05) is 6.20 Å². The van der Waals surface area contributed by atoms with Crippen LogP contribution in [0.3, 0.4) is 0 Å². The van der Waals surface area contributed by atoms with Crippen molar-refractivity contribution >= 4 is 30.1 Å². The third-order valence-electron chi connectivity index (χ3n) is 4.02. The van der Waals surface area contributed by atoms with Crippen LogP contribution >= 0.6 is 18.3 Å². The summed E-state index contributed by atoms with van der Waals surface area (Å²) in [6.07, 6.45) is -7.65. The van der Waals surface area contributed by atoms with Crippen LogP contribution in [0.2, 0.25) is 5.02 Å². The fourth-order valence-electron chi connectivity index (χ4n) is 2.84. The Morgan fingerprint density at radius 1 is 1.52 bits per heavy atom. The lowest BCUT2D eigenvalue weighted by molar-refractivity contribution is -0.204. The molecule has 27 heavy (non-hydrogen) atoms. The second-order valence-corrected chi connectivity index (χ2v) is 9.62. The number of nitrogens with one attached hydrogen (secondary N) is 1. The number of fused-ring (bicyclic) bond motifs is 1. The SMILES string of the molecule is CC(C)OP1(=S)OCC2(C(F)F)OC(n3cc(Cl)c(=O)[nH]c3=O)C(O)C2O1. The highest BCUT2D eigenvalue weighted by molar-refractivity contribution is 8.07. The predicted octanol–water partition coefficient (Wildman–Crippen LogP) is 1.15. The van der Waals surface area contributed by atoms with Gasteiger partial charge in [0.2, 0.25) is 0 Å². The molecule has 9 nitrogen and oxygen atoms in total. The first-order valence-corrected chi connectivity index (χ1v) is 10.7. The summed E-state index contributed by atoms with van der Waals surface area (Å²) in [6.45, 7) is -0.818. The van der Waals surface area contributed by atoms with E-state index in [9.17, 15) is 23.5 Å². The van der Waals surface area contributed by atoms with E-state index in [0.29, 0.717) is 4.57 Å². The van der Waals surface area contributed by atoms with Crippen LogP contribution in [-0.2, 0) is 30.1 Å². The average Bonchev–Trinajstić information content (AvgIpc) is 2.84. The zero-order valence-corrected chi connectivity index (χ0v) is 16.5. The minimum atomic E-state index is -3.42. The zero-order chi connectivity index (χ0) is 20.1. The molecule has 5 unspecified atom stereocenters. The van der Waals surface area contributed by atoms with Gasteiger partial charge in [-0.05, 0) is 25.7 Å². The van der Waals surface area contributed by atoms with Crippen LogP contribution in [0.25, 0.3) is 0 Å². The molecule has 152 valence electrons. The number of alkyl halides is 2. The Balaban J connectivity index is 2.01. The highest BCUT2D eigenvalue weighted by Gasteiger charge is 2.66. The molecule has 2 fully saturated rings. The van der Waals surface area contributed by atoms with Crippen molar-refractivity contribution in [2.75, 3.05) is 6.61 Å². The lowest BCUT2D eigenvalue weighted by Gasteiger charge is -2.41. The molecule has 0 aromatic carbocycles. The number of hydrogen-bond acceptors (Lipinski definition) is 8. The number of hydrogen-bond donors (Lipinski definition) is 2. The van der Waals surface area contributed by atoms with Crippen molar-refractivity contribution in [3.63, 3.8) is 0 Å². The highest BCUT2D eigenvalue weighted by Crippen LogP contribution is 2.61. The van der Waals surface area contributed by atoms with Gasteiger partial charge in [0.1, 0.15) is 17.2 Å². The summed E-state index contributed by atoms with van der Waals surface area (Å²) in [7, 11) is 0. The third-order valence-corrected chi connectivity index (χ3v) is 6.74. The van der Waals surface area contributed by atoms with Crippen molar-refractivity contribution in [1.29, 1.82) is 0 Å². The Kier molecular flexibility index (Phi) is 5.65. The maximum atomic E-state index is 13.9. The summed E-state index contributed by atoms with van der Waals surface area (Å²) in [5.74, 6) is 0. The Hall–Kier alpha value is -0.720. The molecule has 2 aliphatic rings. The van der Waals surface area contributed by atoms with Gasteiger partial charge in [0.25, 0.3) is 12.0 Å². The van der Waals surface area contributed by atoms with Gasteiger partial charge in [-0.1, -0.05) is 11.6 Å². The van der Waals surface area contributed by atoms with Gasteiger partial charge < -0.3 is 18.9 Å². The second-order valence-electron chi connectivity index (χ2n) is 6.30. The lowest BCUT2D eigenvalue weighted by atomic mass is 9.96. The molecule has 1 aromatic heterocycles. The molecule has 2 N–H and O–H groups in total. The fourth-order valence-corrected chi connectivity index (χ4v) is 5.57. The molecular weight excluding hydrogens is 433 g/mol. The van der Waals surface area contributed by atoms with Gasteiger partial charge in [-0.25, -0.2) is 13.6 Å². The van der Waals surface area contributed by atoms with Crippen LogP contribution in [0.5, 0.6) is 0 Å². The van der Waals surface area contributed by atoms with E-state index < -0.39 is 66.2 Å². The molecule has 0 saturated carbocycles. The van der Waals surface area contributed by atoms with E-state index in [1.807, 2.05) is 4.98 Å². The molecule has 3 heterocycles. The Labute approximate surface area is 161 Å². The highest BCUT2D eigenvalue weighted by atomic mass is 35.5. The van der Waals surface area contributed by atoms with Crippen LogP contribution in [0.1, 0.15) is 20.1 Å². The summed E-state index contributed by atoms with van der Waals surface area (Å²) >= 11 is 10.8. The quantitative estimate of drug-likeness (QED) is 0.660. The van der Waals surface area contributed by atoms with E-state index in [0.717, 1.165) is 6.20 Å². The van der Waals surface area contributed by atoms with Crippen LogP contribution < -0.4 is 11.2 Å². The number of nitrogens with zero attached hydrogens (tertiary/aromatic N) is 1. The minimum Gasteiger partial charge on any atom is -0.386 e. The first-order valence-electron chi connectivity index (χ1n) is 7.75. The monoisotopic (exact) mass is 448 g/mol. The maximum Gasteiger partial charge on any atom is 0.330 e. The largest absolute Gasteiger partial charge is 0.386 e. The van der Waals surface area contributed by atoms with Crippen molar-refractivity contribution in [2.45, 2.75) is 50.4 Å². The predicted molar refractivity (Wildman–Crippen MR) is 92.5 cm³/mol. The third kappa shape index (κ3) is 3.65. The summed E-state index contributed by atoms with van der Waals surface area (Å²) in [5, 5.41) is 10.2. The molecule has 1 aromatic rings. The van der Waals surface area contributed by atoms with Crippen molar-refractivity contribution in [3.05, 3.63) is 32.1 Å². The minimum absolute atomic E-state index is 0.392. The van der Waals surface area contributed by atoms with E-state index in [-0.39, 0.29) is 0 Å². The lowest BCUT2D eigenvalue weighted by Crippen LogP contribution is -2.56. The van der Waals surface area contributed by atoms with Crippen molar-refractivity contribution < 1.29 is 32.2 Å². The van der Waals surface area contributed by atoms with Gasteiger partial charge in [-0.2, -0.15) is 0 Å². The van der Waals surface area contributed by atoms with Crippen molar-refractivity contribution in [1.82, 2.24) is 9.55 Å². The molecule has 14 heteroatoms. The van der Waals surface area contributed by atoms with Gasteiger partial charge in [-0.3, -0.25) is 18.9 Å². The molecular formula is C13H16ClF2N2O7PS. The van der Waals surface area contributed by atoms with E-state index in [1.54, 1.807) is 13.8 Å². The number of halogens is 3. The topological polar surface area (TPSA) is 112 Å². The Morgan fingerprint density at radius 3 is 2.78 bits per heavy atom. The van der Waals surface area contributed by atoms with Gasteiger partial charge in [0.05, 0.1) is 12.7 Å². The molecule has 5 atom stereocenters. The second kappa shape index (κ2) is 7.27. The number of ether oxygens (including phenoxy) is 1. The molecule has 0 spiro atoms. The smallest absolute Gasteiger partial charge is 0.330 e. The standard InChI is InChI=1S/C13H16ClF2N2O7PS/c1-5(2)24-26(27)22-4-13(11(15)16)8(25-26)7(19)10(23-13)18-3-6(14)9(20)17-12(18)21/h3,5,7-8,10-11,19H,4H2,1-2H3,(H,17,20,21). The molecule has 2 saturated heterocycles. The molecule has 0 amide bonds. The van der Waals surface area contributed by atoms with E-state index in [4.69, 9.17) is 41.7 Å². The van der Waals surface area contributed by atoms with Crippen molar-refractivity contribution in [2.24, 2.45) is 0 Å². The molecule has 0 aliphatic carbocycles. The van der Waals surface area contributed by atoms with Gasteiger partial charge >= 0.3 is 12.4 Å². The molecule has 0 radical (unpaired) electrons. The molecule has 3 rings (SSSR count).